The first-order valence-electron chi connectivity index (χ1n) is 10.6. The number of halogens is 2. The molecule has 1 amide bonds. The molecule has 8 nitrogen and oxygen atoms in total. The summed E-state index contributed by atoms with van der Waals surface area (Å²) in [6.45, 7) is 0.494. The summed E-state index contributed by atoms with van der Waals surface area (Å²) in [5.74, 6) is -0.295. The summed E-state index contributed by atoms with van der Waals surface area (Å²) in [5.41, 5.74) is 4.24. The number of carbonyl (C=O) groups excluding carboxylic acids is 1. The maximum Gasteiger partial charge on any atom is 0.273 e. The molecule has 0 bridgehead atoms. The van der Waals surface area contributed by atoms with Crippen LogP contribution in [-0.4, -0.2) is 35.3 Å². The summed E-state index contributed by atoms with van der Waals surface area (Å²) >= 11 is 5.87. The molecule has 33 heavy (non-hydrogen) atoms. The van der Waals surface area contributed by atoms with E-state index in [-0.39, 0.29) is 22.8 Å². The van der Waals surface area contributed by atoms with Gasteiger partial charge in [0.2, 0.25) is 0 Å². The second-order valence-electron chi connectivity index (χ2n) is 8.32. The zero-order chi connectivity index (χ0) is 22.5. The normalized spacial score (nSPS) is 13.8. The van der Waals surface area contributed by atoms with Gasteiger partial charge in [0.1, 0.15) is 5.52 Å². The minimum Gasteiger partial charge on any atom is -0.357 e. The Morgan fingerprint density at radius 1 is 1.27 bits per heavy atom. The smallest absolute Gasteiger partial charge is 0.273 e. The van der Waals surface area contributed by atoms with Crippen LogP contribution in [0.5, 0.6) is 0 Å². The maximum absolute atomic E-state index is 14.4. The van der Waals surface area contributed by atoms with E-state index in [4.69, 9.17) is 11.6 Å². The lowest BCUT2D eigenvalue weighted by Gasteiger charge is -2.03. The first-order valence-corrected chi connectivity index (χ1v) is 11.0. The van der Waals surface area contributed by atoms with Crippen molar-refractivity contribution in [2.45, 2.75) is 31.8 Å². The Hall–Kier alpha value is -3.72. The number of hydrogen-bond donors (Lipinski definition) is 2. The molecule has 1 aromatic carbocycles. The molecule has 1 aliphatic rings. The van der Waals surface area contributed by atoms with Crippen LogP contribution in [0.25, 0.3) is 16.4 Å². The van der Waals surface area contributed by atoms with E-state index in [2.05, 4.69) is 49.9 Å². The van der Waals surface area contributed by atoms with Crippen molar-refractivity contribution in [2.24, 2.45) is 0 Å². The van der Waals surface area contributed by atoms with Crippen LogP contribution in [0.1, 0.15) is 46.2 Å². The third-order valence-electron chi connectivity index (χ3n) is 5.94. The predicted molar refractivity (Wildman–Crippen MR) is 121 cm³/mol. The average molecular weight is 464 g/mol. The van der Waals surface area contributed by atoms with E-state index in [1.807, 2.05) is 0 Å². The molecule has 1 fully saturated rings. The molecule has 6 rings (SSSR count). The fraction of sp³-hybridized carbons (Fsp3) is 0.217. The molecule has 166 valence electrons. The second-order valence-corrected chi connectivity index (χ2v) is 8.73. The van der Waals surface area contributed by atoms with Gasteiger partial charge in [0.15, 0.2) is 11.5 Å². The second kappa shape index (κ2) is 7.70. The third-order valence-corrected chi connectivity index (χ3v) is 6.23. The number of pyridine rings is 1. The Morgan fingerprint density at radius 2 is 2.15 bits per heavy atom. The minimum absolute atomic E-state index is 0.000685. The molecule has 10 heteroatoms. The van der Waals surface area contributed by atoms with Crippen molar-refractivity contribution in [3.63, 3.8) is 0 Å². The molecule has 4 heterocycles. The van der Waals surface area contributed by atoms with E-state index in [0.717, 1.165) is 16.6 Å². The fourth-order valence-corrected chi connectivity index (χ4v) is 4.23. The SMILES string of the molecule is O=C(NCc1ncn2ccc(Cl)c(F)c12)c1cn(Cc2cc3ccc(C4CC4)cc3[nH]2)nn1. The van der Waals surface area contributed by atoms with E-state index in [1.165, 1.54) is 35.2 Å². The molecule has 1 saturated carbocycles. The van der Waals surface area contributed by atoms with Gasteiger partial charge >= 0.3 is 0 Å². The Kier molecular flexibility index (Phi) is 4.65. The molecule has 0 unspecified atom stereocenters. The van der Waals surface area contributed by atoms with Crippen molar-refractivity contribution in [1.82, 2.24) is 34.7 Å². The molecule has 0 radical (unpaired) electrons. The van der Waals surface area contributed by atoms with Gasteiger partial charge in [-0.05, 0) is 47.9 Å². The number of carbonyl (C=O) groups is 1. The van der Waals surface area contributed by atoms with Gasteiger partial charge < -0.3 is 14.7 Å². The fourth-order valence-electron chi connectivity index (χ4n) is 4.08. The molecule has 5 aromatic rings. The van der Waals surface area contributed by atoms with Crippen molar-refractivity contribution < 1.29 is 9.18 Å². The average Bonchev–Trinajstić information content (AvgIpc) is 3.23. The van der Waals surface area contributed by atoms with Gasteiger partial charge in [0.05, 0.1) is 36.3 Å². The van der Waals surface area contributed by atoms with Crippen molar-refractivity contribution in [1.29, 1.82) is 0 Å². The van der Waals surface area contributed by atoms with Gasteiger partial charge in [0.25, 0.3) is 5.91 Å². The third kappa shape index (κ3) is 3.74. The van der Waals surface area contributed by atoms with Gasteiger partial charge in [-0.25, -0.2) is 14.1 Å². The van der Waals surface area contributed by atoms with Crippen molar-refractivity contribution in [3.05, 3.63) is 82.5 Å². The number of aromatic nitrogens is 6. The van der Waals surface area contributed by atoms with Gasteiger partial charge in [-0.1, -0.05) is 28.9 Å². The monoisotopic (exact) mass is 463 g/mol. The number of H-pyrrole nitrogens is 1. The molecule has 0 saturated heterocycles. The lowest BCUT2D eigenvalue weighted by atomic mass is 10.1. The molecular weight excluding hydrogens is 445 g/mol. The first-order chi connectivity index (χ1) is 16.0. The summed E-state index contributed by atoms with van der Waals surface area (Å²) in [6.07, 6.45) is 7.20. The summed E-state index contributed by atoms with van der Waals surface area (Å²) in [4.78, 5) is 20.2. The van der Waals surface area contributed by atoms with E-state index in [0.29, 0.717) is 18.2 Å². The molecule has 4 aromatic heterocycles. The predicted octanol–water partition coefficient (Wildman–Crippen LogP) is 4.06. The van der Waals surface area contributed by atoms with E-state index >= 15 is 0 Å². The van der Waals surface area contributed by atoms with Crippen LogP contribution in [0.3, 0.4) is 0 Å². The number of benzene rings is 1. The molecule has 0 atom stereocenters. The summed E-state index contributed by atoms with van der Waals surface area (Å²) in [6, 6.07) is 10.1. The molecule has 1 aliphatic carbocycles. The largest absolute Gasteiger partial charge is 0.357 e. The molecule has 2 N–H and O–H groups in total. The topological polar surface area (TPSA) is 92.9 Å². The number of fused-ring (bicyclic) bond motifs is 2. The summed E-state index contributed by atoms with van der Waals surface area (Å²) in [5, 5.41) is 11.9. The number of nitrogens with zero attached hydrogens (tertiary/aromatic N) is 5. The highest BCUT2D eigenvalue weighted by Gasteiger charge is 2.23. The van der Waals surface area contributed by atoms with Crippen molar-refractivity contribution >= 4 is 33.9 Å². The van der Waals surface area contributed by atoms with Gasteiger partial charge in [0, 0.05) is 17.4 Å². The van der Waals surface area contributed by atoms with E-state index in [9.17, 15) is 9.18 Å². The Morgan fingerprint density at radius 3 is 3.00 bits per heavy atom. The number of hydrogen-bond acceptors (Lipinski definition) is 4. The van der Waals surface area contributed by atoms with Crippen LogP contribution in [0, 0.1) is 5.82 Å². The van der Waals surface area contributed by atoms with Crippen LogP contribution in [0.4, 0.5) is 4.39 Å². The standard InChI is InChI=1S/C23H19ClFN7O/c24-17-5-6-31-12-27-19(22(31)21(17)25)9-26-23(33)20-11-32(30-29-20)10-16-7-15-4-3-14(13-1-2-13)8-18(15)28-16/h3-8,11-13,28H,1-2,9-10H2,(H,26,33). The highest BCUT2D eigenvalue weighted by molar-refractivity contribution is 6.31. The highest BCUT2D eigenvalue weighted by atomic mass is 35.5. The lowest BCUT2D eigenvalue weighted by molar-refractivity contribution is 0.0945. The number of aromatic amines is 1. The molecule has 0 aliphatic heterocycles. The van der Waals surface area contributed by atoms with Gasteiger partial charge in [-0.15, -0.1) is 5.10 Å². The maximum atomic E-state index is 14.4. The van der Waals surface area contributed by atoms with E-state index in [1.54, 1.807) is 17.1 Å². The summed E-state index contributed by atoms with van der Waals surface area (Å²) in [7, 11) is 0. The van der Waals surface area contributed by atoms with E-state index < -0.39 is 11.7 Å². The lowest BCUT2D eigenvalue weighted by Crippen LogP contribution is -2.23. The van der Waals surface area contributed by atoms with Crippen LogP contribution < -0.4 is 5.32 Å². The quantitative estimate of drug-likeness (QED) is 0.397. The van der Waals surface area contributed by atoms with Crippen molar-refractivity contribution in [2.75, 3.05) is 0 Å². The Balaban J connectivity index is 1.14. The zero-order valence-corrected chi connectivity index (χ0v) is 18.2. The van der Waals surface area contributed by atoms with Crippen LogP contribution >= 0.6 is 11.6 Å². The van der Waals surface area contributed by atoms with Gasteiger partial charge in [-0.2, -0.15) is 0 Å². The number of amides is 1. The zero-order valence-electron chi connectivity index (χ0n) is 17.4. The van der Waals surface area contributed by atoms with Crippen LogP contribution in [-0.2, 0) is 13.1 Å². The van der Waals surface area contributed by atoms with Crippen LogP contribution in [0.2, 0.25) is 5.02 Å². The number of rotatable bonds is 6. The minimum atomic E-state index is -0.575. The summed E-state index contributed by atoms with van der Waals surface area (Å²) < 4.78 is 17.5. The highest BCUT2D eigenvalue weighted by Crippen LogP contribution is 2.40. The number of imidazole rings is 1. The Labute approximate surface area is 192 Å². The first kappa shape index (κ1) is 19.9. The number of nitrogens with one attached hydrogen (secondary N) is 2. The molecular formula is C23H19ClFN7O. The Bertz CT molecular complexity index is 1510. The van der Waals surface area contributed by atoms with Gasteiger partial charge in [-0.3, -0.25) is 4.79 Å². The van der Waals surface area contributed by atoms with Crippen LogP contribution in [0.15, 0.2) is 49.1 Å². The van der Waals surface area contributed by atoms with Crippen molar-refractivity contribution in [3.8, 4) is 0 Å². The molecule has 0 spiro atoms.